The monoisotopic (exact) mass is 326 g/mol. The molecule has 5 heteroatoms. The number of methoxy groups -OCH3 is 1. The first-order valence-electron chi connectivity index (χ1n) is 8.78. The molecule has 0 radical (unpaired) electrons. The van der Waals surface area contributed by atoms with Crippen LogP contribution in [-0.4, -0.2) is 48.7 Å². The predicted octanol–water partition coefficient (Wildman–Crippen LogP) is 3.73. The Bertz CT molecular complexity index is 417. The lowest BCUT2D eigenvalue weighted by Crippen LogP contribution is -2.64. The smallest absolute Gasteiger partial charge is 0.411 e. The van der Waals surface area contributed by atoms with E-state index in [1.807, 2.05) is 20.8 Å². The zero-order valence-corrected chi connectivity index (χ0v) is 15.9. The molecule has 1 aliphatic rings. The first-order chi connectivity index (χ1) is 10.7. The molecule has 0 N–H and O–H groups in total. The summed E-state index contributed by atoms with van der Waals surface area (Å²) >= 11 is 0. The number of hydrogen-bond acceptors (Lipinski definition) is 3. The lowest BCUT2D eigenvalue weighted by Gasteiger charge is -2.50. The third-order valence-electron chi connectivity index (χ3n) is 4.85. The van der Waals surface area contributed by atoms with Crippen LogP contribution < -0.4 is 0 Å². The highest BCUT2D eigenvalue weighted by molar-refractivity contribution is 5.82. The number of hydrogen-bond donors (Lipinski definition) is 0. The third kappa shape index (κ3) is 4.61. The van der Waals surface area contributed by atoms with E-state index in [0.717, 1.165) is 25.7 Å². The third-order valence-corrected chi connectivity index (χ3v) is 4.85. The summed E-state index contributed by atoms with van der Waals surface area (Å²) in [6, 6.07) is 0. The lowest BCUT2D eigenvalue weighted by atomic mass is 9.83. The van der Waals surface area contributed by atoms with Crippen LogP contribution in [0.15, 0.2) is 0 Å². The molecule has 0 saturated carbocycles. The molecule has 1 heterocycles. The van der Waals surface area contributed by atoms with E-state index in [9.17, 15) is 9.59 Å². The Morgan fingerprint density at radius 2 is 1.96 bits per heavy atom. The van der Waals surface area contributed by atoms with Crippen LogP contribution in [0.1, 0.15) is 60.3 Å². The fourth-order valence-corrected chi connectivity index (χ4v) is 3.85. The minimum Gasteiger partial charge on any atom is -0.453 e. The fourth-order valence-electron chi connectivity index (χ4n) is 3.85. The normalized spacial score (nSPS) is 23.9. The average Bonchev–Trinajstić information content (AvgIpc) is 2.48. The number of nitrogens with zero attached hydrogens (tertiary/aromatic N) is 2. The molecule has 1 fully saturated rings. The molecule has 1 rings (SSSR count). The molecule has 0 bridgehead atoms. The molecule has 1 aliphatic heterocycles. The van der Waals surface area contributed by atoms with Gasteiger partial charge in [-0.25, -0.2) is 4.79 Å². The van der Waals surface area contributed by atoms with E-state index in [4.69, 9.17) is 4.74 Å². The van der Waals surface area contributed by atoms with Gasteiger partial charge in [-0.1, -0.05) is 53.9 Å². The van der Waals surface area contributed by atoms with Crippen LogP contribution in [-0.2, 0) is 9.53 Å². The van der Waals surface area contributed by atoms with Crippen molar-refractivity contribution in [2.45, 2.75) is 66.5 Å². The second-order valence-electron chi connectivity index (χ2n) is 7.81. The van der Waals surface area contributed by atoms with E-state index < -0.39 is 0 Å². The van der Waals surface area contributed by atoms with Crippen LogP contribution in [0.4, 0.5) is 4.79 Å². The molecule has 5 nitrogen and oxygen atoms in total. The molecule has 0 spiro atoms. The van der Waals surface area contributed by atoms with Gasteiger partial charge in [-0.15, -0.1) is 0 Å². The van der Waals surface area contributed by atoms with Crippen molar-refractivity contribution in [1.29, 1.82) is 0 Å². The van der Waals surface area contributed by atoms with Gasteiger partial charge >= 0.3 is 6.09 Å². The number of amides is 2. The molecule has 1 saturated heterocycles. The second kappa shape index (κ2) is 8.02. The Labute approximate surface area is 141 Å². The molecule has 2 amide bonds. The van der Waals surface area contributed by atoms with Gasteiger partial charge in [0, 0.05) is 19.0 Å². The van der Waals surface area contributed by atoms with E-state index in [0.29, 0.717) is 12.5 Å². The van der Waals surface area contributed by atoms with Crippen molar-refractivity contribution < 1.29 is 14.3 Å². The van der Waals surface area contributed by atoms with Crippen LogP contribution in [0.25, 0.3) is 0 Å². The maximum atomic E-state index is 12.8. The Balaban J connectivity index is 3.02. The van der Waals surface area contributed by atoms with Gasteiger partial charge in [-0.05, 0) is 12.3 Å². The topological polar surface area (TPSA) is 49.9 Å². The Kier molecular flexibility index (Phi) is 6.90. The average molecular weight is 326 g/mol. The zero-order valence-electron chi connectivity index (χ0n) is 15.9. The Morgan fingerprint density at radius 1 is 1.35 bits per heavy atom. The summed E-state index contributed by atoms with van der Waals surface area (Å²) < 4.78 is 4.97. The zero-order chi connectivity index (χ0) is 17.8. The molecular formula is C18H34N2O3. The summed E-state index contributed by atoms with van der Waals surface area (Å²) in [4.78, 5) is 28.6. The molecule has 3 atom stereocenters. The summed E-state index contributed by atoms with van der Waals surface area (Å²) in [6.45, 7) is 10.9. The van der Waals surface area contributed by atoms with Gasteiger partial charge in [0.05, 0.1) is 13.0 Å². The van der Waals surface area contributed by atoms with Gasteiger partial charge in [0.15, 0.2) is 0 Å². The van der Waals surface area contributed by atoms with Crippen molar-refractivity contribution in [3.05, 3.63) is 0 Å². The highest BCUT2D eigenvalue weighted by Gasteiger charge is 2.46. The molecule has 0 aromatic heterocycles. The van der Waals surface area contributed by atoms with Crippen LogP contribution >= 0.6 is 0 Å². The minimum absolute atomic E-state index is 0.130. The Hall–Kier alpha value is -1.26. The maximum absolute atomic E-state index is 12.8. The SMILES string of the molecule is CCC[C@H](CC)C[C@@H]1CN(C(=O)OC)[C@@H](C(C)(C)C)N(C)C1=O. The van der Waals surface area contributed by atoms with E-state index in [-0.39, 0.29) is 29.5 Å². The Morgan fingerprint density at radius 3 is 2.39 bits per heavy atom. The van der Waals surface area contributed by atoms with E-state index in [1.54, 1.807) is 16.8 Å². The van der Waals surface area contributed by atoms with E-state index in [2.05, 4.69) is 13.8 Å². The minimum atomic E-state index is -0.349. The van der Waals surface area contributed by atoms with Crippen molar-refractivity contribution in [3.63, 3.8) is 0 Å². The number of rotatable bonds is 5. The molecule has 0 aromatic rings. The molecule has 23 heavy (non-hydrogen) atoms. The summed E-state index contributed by atoms with van der Waals surface area (Å²) in [7, 11) is 3.21. The summed E-state index contributed by atoms with van der Waals surface area (Å²) in [5.41, 5.74) is -0.225. The van der Waals surface area contributed by atoms with Gasteiger partial charge < -0.3 is 9.64 Å². The van der Waals surface area contributed by atoms with Crippen molar-refractivity contribution in [2.24, 2.45) is 17.3 Å². The van der Waals surface area contributed by atoms with E-state index in [1.165, 1.54) is 7.11 Å². The van der Waals surface area contributed by atoms with Crippen molar-refractivity contribution >= 4 is 12.0 Å². The number of carbonyl (C=O) groups is 2. The van der Waals surface area contributed by atoms with Crippen LogP contribution in [0.2, 0.25) is 0 Å². The predicted molar refractivity (Wildman–Crippen MR) is 91.9 cm³/mol. The van der Waals surface area contributed by atoms with Gasteiger partial charge in [-0.3, -0.25) is 9.69 Å². The van der Waals surface area contributed by atoms with Crippen molar-refractivity contribution in [1.82, 2.24) is 9.80 Å². The highest BCUT2D eigenvalue weighted by atomic mass is 16.5. The second-order valence-corrected chi connectivity index (χ2v) is 7.81. The summed E-state index contributed by atoms with van der Waals surface area (Å²) in [6.07, 6.45) is 3.55. The van der Waals surface area contributed by atoms with Crippen molar-refractivity contribution in [2.75, 3.05) is 20.7 Å². The quantitative estimate of drug-likeness (QED) is 0.773. The largest absolute Gasteiger partial charge is 0.453 e. The molecule has 134 valence electrons. The summed E-state index contributed by atoms with van der Waals surface area (Å²) in [5, 5.41) is 0. The van der Waals surface area contributed by atoms with Gasteiger partial charge in [-0.2, -0.15) is 0 Å². The molecule has 0 aromatic carbocycles. The van der Waals surface area contributed by atoms with Gasteiger partial charge in [0.2, 0.25) is 5.91 Å². The first kappa shape index (κ1) is 19.8. The van der Waals surface area contributed by atoms with Crippen LogP contribution in [0.5, 0.6) is 0 Å². The fraction of sp³-hybridized carbons (Fsp3) is 0.889. The molecular weight excluding hydrogens is 292 g/mol. The number of ether oxygens (including phenoxy) is 1. The van der Waals surface area contributed by atoms with Gasteiger partial charge in [0.1, 0.15) is 6.17 Å². The molecule has 0 unspecified atom stereocenters. The van der Waals surface area contributed by atoms with Crippen LogP contribution in [0, 0.1) is 17.3 Å². The first-order valence-corrected chi connectivity index (χ1v) is 8.78. The van der Waals surface area contributed by atoms with Crippen molar-refractivity contribution in [3.8, 4) is 0 Å². The number of carbonyl (C=O) groups excluding carboxylic acids is 2. The van der Waals surface area contributed by atoms with E-state index >= 15 is 0 Å². The standard InChI is InChI=1S/C18H34N2O3/c1-8-10-13(9-2)11-14-12-20(17(22)23-7)16(18(3,4)5)19(6)15(14)21/h13-14,16H,8-12H2,1-7H3/t13-,14+,16-/m0/s1. The summed E-state index contributed by atoms with van der Waals surface area (Å²) in [5.74, 6) is 0.557. The highest BCUT2D eigenvalue weighted by Crippen LogP contribution is 2.34. The molecule has 0 aliphatic carbocycles. The van der Waals surface area contributed by atoms with Crippen LogP contribution in [0.3, 0.4) is 0 Å². The maximum Gasteiger partial charge on any atom is 0.411 e. The van der Waals surface area contributed by atoms with Gasteiger partial charge in [0.25, 0.3) is 0 Å². The lowest BCUT2D eigenvalue weighted by molar-refractivity contribution is -0.154.